The van der Waals surface area contributed by atoms with Gasteiger partial charge in [0, 0.05) is 18.7 Å². The number of ether oxygens (including phenoxy) is 1. The maximum Gasteiger partial charge on any atom is 0.253 e. The summed E-state index contributed by atoms with van der Waals surface area (Å²) in [4.78, 5) is 14.0. The van der Waals surface area contributed by atoms with E-state index in [-0.39, 0.29) is 5.91 Å². The number of amides is 1. The number of hydrogen-bond acceptors (Lipinski definition) is 3. The van der Waals surface area contributed by atoms with E-state index in [9.17, 15) is 4.79 Å². The molecule has 0 spiro atoms. The average molecular weight is 234 g/mol. The van der Waals surface area contributed by atoms with Crippen LogP contribution in [-0.2, 0) is 0 Å². The first-order valence-electron chi connectivity index (χ1n) is 6.04. The molecule has 0 atom stereocenters. The fourth-order valence-electron chi connectivity index (χ4n) is 2.07. The fourth-order valence-corrected chi connectivity index (χ4v) is 2.07. The van der Waals surface area contributed by atoms with Gasteiger partial charge < -0.3 is 15.4 Å². The molecule has 1 amide bonds. The summed E-state index contributed by atoms with van der Waals surface area (Å²) in [6, 6.07) is 5.25. The zero-order valence-corrected chi connectivity index (χ0v) is 10.1. The number of carbonyl (C=O) groups is 1. The lowest BCUT2D eigenvalue weighted by Gasteiger charge is -2.16. The molecule has 0 saturated carbocycles. The first kappa shape index (κ1) is 11.8. The molecule has 4 heteroatoms. The minimum Gasteiger partial charge on any atom is -0.492 e. The minimum absolute atomic E-state index is 0.0669. The van der Waals surface area contributed by atoms with E-state index in [1.165, 1.54) is 0 Å². The molecule has 92 valence electrons. The monoisotopic (exact) mass is 234 g/mol. The molecular weight excluding hydrogens is 216 g/mol. The lowest BCUT2D eigenvalue weighted by Crippen LogP contribution is -2.27. The molecule has 1 aliphatic heterocycles. The molecule has 0 radical (unpaired) electrons. The van der Waals surface area contributed by atoms with Gasteiger partial charge in [-0.3, -0.25) is 4.79 Å². The van der Waals surface area contributed by atoms with Gasteiger partial charge in [0.1, 0.15) is 5.75 Å². The molecule has 1 aliphatic rings. The quantitative estimate of drug-likeness (QED) is 0.813. The van der Waals surface area contributed by atoms with Crippen LogP contribution in [0.4, 0.5) is 5.69 Å². The number of carbonyl (C=O) groups excluding carboxylic acids is 1. The highest BCUT2D eigenvalue weighted by atomic mass is 16.5. The van der Waals surface area contributed by atoms with Gasteiger partial charge >= 0.3 is 0 Å². The zero-order valence-electron chi connectivity index (χ0n) is 10.1. The Hall–Kier alpha value is -1.71. The van der Waals surface area contributed by atoms with E-state index in [0.29, 0.717) is 23.6 Å². The first-order chi connectivity index (χ1) is 8.22. The number of hydrogen-bond donors (Lipinski definition) is 1. The minimum atomic E-state index is 0.0669. The van der Waals surface area contributed by atoms with E-state index >= 15 is 0 Å². The standard InChI is InChI=1S/C13H18N2O2/c1-2-17-12-6-5-10(9-11(12)14)13(16)15-7-3-4-8-15/h5-6,9H,2-4,7-8,14H2,1H3. The number of benzene rings is 1. The van der Waals surface area contributed by atoms with Crippen LogP contribution in [0.1, 0.15) is 30.1 Å². The molecule has 0 aromatic heterocycles. The molecule has 0 bridgehead atoms. The molecular formula is C13H18N2O2. The highest BCUT2D eigenvalue weighted by Gasteiger charge is 2.19. The van der Waals surface area contributed by atoms with Gasteiger partial charge in [-0.1, -0.05) is 0 Å². The van der Waals surface area contributed by atoms with E-state index in [4.69, 9.17) is 10.5 Å². The number of nitrogen functional groups attached to an aromatic ring is 1. The Labute approximate surface area is 101 Å². The summed E-state index contributed by atoms with van der Waals surface area (Å²) in [6.45, 7) is 4.18. The smallest absolute Gasteiger partial charge is 0.253 e. The molecule has 0 unspecified atom stereocenters. The van der Waals surface area contributed by atoms with Crippen LogP contribution in [0.5, 0.6) is 5.75 Å². The van der Waals surface area contributed by atoms with Gasteiger partial charge in [0.25, 0.3) is 5.91 Å². The largest absolute Gasteiger partial charge is 0.492 e. The highest BCUT2D eigenvalue weighted by molar-refractivity contribution is 5.95. The number of rotatable bonds is 3. The third-order valence-corrected chi connectivity index (χ3v) is 2.95. The number of nitrogens with zero attached hydrogens (tertiary/aromatic N) is 1. The van der Waals surface area contributed by atoms with E-state index in [2.05, 4.69) is 0 Å². The SMILES string of the molecule is CCOc1ccc(C(=O)N2CCCC2)cc1N. The second-order valence-electron chi connectivity index (χ2n) is 4.18. The summed E-state index contributed by atoms with van der Waals surface area (Å²) in [6.07, 6.45) is 2.19. The summed E-state index contributed by atoms with van der Waals surface area (Å²) in [7, 11) is 0. The van der Waals surface area contributed by atoms with Crippen molar-refractivity contribution < 1.29 is 9.53 Å². The van der Waals surface area contributed by atoms with Crippen LogP contribution < -0.4 is 10.5 Å². The third kappa shape index (κ3) is 2.52. The number of nitrogens with two attached hydrogens (primary N) is 1. The van der Waals surface area contributed by atoms with E-state index in [0.717, 1.165) is 25.9 Å². The molecule has 2 N–H and O–H groups in total. The van der Waals surface area contributed by atoms with E-state index in [1.807, 2.05) is 11.8 Å². The molecule has 1 saturated heterocycles. The first-order valence-corrected chi connectivity index (χ1v) is 6.04. The van der Waals surface area contributed by atoms with Gasteiger partial charge in [-0.2, -0.15) is 0 Å². The van der Waals surface area contributed by atoms with Crippen molar-refractivity contribution in [2.75, 3.05) is 25.4 Å². The van der Waals surface area contributed by atoms with Crippen LogP contribution in [0.25, 0.3) is 0 Å². The predicted molar refractivity (Wildman–Crippen MR) is 67.2 cm³/mol. The molecule has 1 aromatic carbocycles. The van der Waals surface area contributed by atoms with Gasteiger partial charge in [0.05, 0.1) is 12.3 Å². The van der Waals surface area contributed by atoms with Crippen molar-refractivity contribution >= 4 is 11.6 Å². The Bertz CT molecular complexity index is 412. The Balaban J connectivity index is 2.16. The zero-order chi connectivity index (χ0) is 12.3. The van der Waals surface area contributed by atoms with Crippen molar-refractivity contribution in [1.29, 1.82) is 0 Å². The fraction of sp³-hybridized carbons (Fsp3) is 0.462. The molecule has 1 aromatic rings. The second kappa shape index (κ2) is 5.08. The summed E-state index contributed by atoms with van der Waals surface area (Å²) in [5.74, 6) is 0.711. The topological polar surface area (TPSA) is 55.6 Å². The second-order valence-corrected chi connectivity index (χ2v) is 4.18. The van der Waals surface area contributed by atoms with Crippen LogP contribution in [-0.4, -0.2) is 30.5 Å². The summed E-state index contributed by atoms with van der Waals surface area (Å²) in [5.41, 5.74) is 7.02. The lowest BCUT2D eigenvalue weighted by molar-refractivity contribution is 0.0793. The summed E-state index contributed by atoms with van der Waals surface area (Å²) in [5, 5.41) is 0. The lowest BCUT2D eigenvalue weighted by atomic mass is 10.1. The van der Waals surface area contributed by atoms with Crippen LogP contribution in [0, 0.1) is 0 Å². The molecule has 0 aliphatic carbocycles. The molecule has 4 nitrogen and oxygen atoms in total. The van der Waals surface area contributed by atoms with Crippen LogP contribution >= 0.6 is 0 Å². The van der Waals surface area contributed by atoms with E-state index in [1.54, 1.807) is 18.2 Å². The Morgan fingerprint density at radius 1 is 1.41 bits per heavy atom. The van der Waals surface area contributed by atoms with Gasteiger partial charge in [-0.05, 0) is 38.0 Å². The van der Waals surface area contributed by atoms with Crippen molar-refractivity contribution in [3.63, 3.8) is 0 Å². The Morgan fingerprint density at radius 3 is 2.71 bits per heavy atom. The normalized spacial score (nSPS) is 15.0. The number of likely N-dealkylation sites (tertiary alicyclic amines) is 1. The molecule has 2 rings (SSSR count). The Morgan fingerprint density at radius 2 is 2.12 bits per heavy atom. The van der Waals surface area contributed by atoms with Gasteiger partial charge in [0.2, 0.25) is 0 Å². The summed E-state index contributed by atoms with van der Waals surface area (Å²) < 4.78 is 5.35. The molecule has 1 fully saturated rings. The third-order valence-electron chi connectivity index (χ3n) is 2.95. The van der Waals surface area contributed by atoms with Crippen molar-refractivity contribution in [3.05, 3.63) is 23.8 Å². The van der Waals surface area contributed by atoms with Crippen molar-refractivity contribution in [2.45, 2.75) is 19.8 Å². The van der Waals surface area contributed by atoms with Gasteiger partial charge in [0.15, 0.2) is 0 Å². The summed E-state index contributed by atoms with van der Waals surface area (Å²) >= 11 is 0. The van der Waals surface area contributed by atoms with Gasteiger partial charge in [-0.15, -0.1) is 0 Å². The van der Waals surface area contributed by atoms with E-state index < -0.39 is 0 Å². The van der Waals surface area contributed by atoms with Crippen LogP contribution in [0.2, 0.25) is 0 Å². The highest BCUT2D eigenvalue weighted by Crippen LogP contribution is 2.24. The maximum atomic E-state index is 12.1. The van der Waals surface area contributed by atoms with Crippen molar-refractivity contribution in [2.24, 2.45) is 0 Å². The number of anilines is 1. The molecule has 1 heterocycles. The van der Waals surface area contributed by atoms with Crippen molar-refractivity contribution in [3.8, 4) is 5.75 Å². The van der Waals surface area contributed by atoms with Crippen LogP contribution in [0.15, 0.2) is 18.2 Å². The van der Waals surface area contributed by atoms with Crippen LogP contribution in [0.3, 0.4) is 0 Å². The maximum absolute atomic E-state index is 12.1. The average Bonchev–Trinajstić information content (AvgIpc) is 2.84. The molecule has 17 heavy (non-hydrogen) atoms. The van der Waals surface area contributed by atoms with Gasteiger partial charge in [-0.25, -0.2) is 0 Å². The van der Waals surface area contributed by atoms with Crippen molar-refractivity contribution in [1.82, 2.24) is 4.90 Å². The predicted octanol–water partition coefficient (Wildman–Crippen LogP) is 1.90. The Kier molecular flexibility index (Phi) is 3.52.